The van der Waals surface area contributed by atoms with Gasteiger partial charge in [-0.1, -0.05) is 18.6 Å². The molecule has 0 amide bonds. The van der Waals surface area contributed by atoms with E-state index >= 15 is 0 Å². The summed E-state index contributed by atoms with van der Waals surface area (Å²) in [5.41, 5.74) is 0.142. The van der Waals surface area contributed by atoms with E-state index in [2.05, 4.69) is 4.90 Å². The van der Waals surface area contributed by atoms with Gasteiger partial charge in [-0.05, 0) is 96.4 Å². The highest BCUT2D eigenvalue weighted by atomic mass is 19.2. The number of methoxy groups -OCH3 is 1. The van der Waals surface area contributed by atoms with Gasteiger partial charge in [0.1, 0.15) is 18.1 Å². The number of halogens is 3. The molecule has 0 radical (unpaired) electrons. The molecular weight excluding hydrogens is 519 g/mol. The summed E-state index contributed by atoms with van der Waals surface area (Å²) >= 11 is 0. The van der Waals surface area contributed by atoms with Crippen LogP contribution in [0.5, 0.6) is 11.5 Å². The lowest BCUT2D eigenvalue weighted by Gasteiger charge is -2.26. The van der Waals surface area contributed by atoms with Gasteiger partial charge in [0, 0.05) is 23.2 Å². The van der Waals surface area contributed by atoms with E-state index in [1.807, 2.05) is 0 Å². The van der Waals surface area contributed by atoms with E-state index in [0.717, 1.165) is 25.7 Å². The minimum Gasteiger partial charge on any atom is -0.497 e. The van der Waals surface area contributed by atoms with Gasteiger partial charge in [-0.15, -0.1) is 0 Å². The Morgan fingerprint density at radius 3 is 2.30 bits per heavy atom. The first-order chi connectivity index (χ1) is 19.4. The second-order valence-electron chi connectivity index (χ2n) is 9.85. The number of aliphatic hydroxyl groups is 1. The fourth-order valence-electron chi connectivity index (χ4n) is 5.25. The molecule has 0 bridgehead atoms. The van der Waals surface area contributed by atoms with E-state index in [-0.39, 0.29) is 16.7 Å². The van der Waals surface area contributed by atoms with E-state index in [1.54, 1.807) is 54.6 Å². The second kappa shape index (κ2) is 12.1. The molecule has 1 saturated heterocycles. The molecule has 5 rings (SSSR count). The van der Waals surface area contributed by atoms with Crippen molar-refractivity contribution in [3.63, 3.8) is 0 Å². The molecule has 0 atom stereocenters. The molecule has 8 heteroatoms. The van der Waals surface area contributed by atoms with Crippen LogP contribution in [0.4, 0.5) is 13.2 Å². The monoisotopic (exact) mass is 549 g/mol. The Morgan fingerprint density at radius 2 is 1.60 bits per heavy atom. The number of piperidine rings is 1. The van der Waals surface area contributed by atoms with Gasteiger partial charge in [0.05, 0.1) is 13.7 Å². The fourth-order valence-corrected chi connectivity index (χ4v) is 5.25. The van der Waals surface area contributed by atoms with E-state index in [9.17, 15) is 23.1 Å². The third-order valence-electron chi connectivity index (χ3n) is 7.41. The van der Waals surface area contributed by atoms with Gasteiger partial charge in [0.15, 0.2) is 23.2 Å². The van der Waals surface area contributed by atoms with Gasteiger partial charge < -0.3 is 14.6 Å². The first-order valence-corrected chi connectivity index (χ1v) is 13.3. The zero-order valence-electron chi connectivity index (χ0n) is 22.2. The molecule has 4 aromatic carbocycles. The van der Waals surface area contributed by atoms with Crippen LogP contribution in [-0.2, 0) is 6.61 Å². The molecule has 0 spiro atoms. The Morgan fingerprint density at radius 1 is 0.875 bits per heavy atom. The minimum absolute atomic E-state index is 0.0994. The van der Waals surface area contributed by atoms with Gasteiger partial charge in [-0.25, -0.2) is 13.2 Å². The lowest BCUT2D eigenvalue weighted by Crippen LogP contribution is -2.33. The summed E-state index contributed by atoms with van der Waals surface area (Å²) in [5, 5.41) is 11.0. The van der Waals surface area contributed by atoms with Crippen LogP contribution in [0.3, 0.4) is 0 Å². The van der Waals surface area contributed by atoms with Crippen molar-refractivity contribution in [2.45, 2.75) is 25.9 Å². The van der Waals surface area contributed by atoms with Crippen LogP contribution in [-0.4, -0.2) is 49.1 Å². The Labute approximate surface area is 230 Å². The van der Waals surface area contributed by atoms with Crippen LogP contribution in [0.2, 0.25) is 0 Å². The first kappa shape index (κ1) is 27.7. The average molecular weight is 550 g/mol. The van der Waals surface area contributed by atoms with Crippen LogP contribution in [0.25, 0.3) is 21.9 Å². The lowest BCUT2D eigenvalue weighted by molar-refractivity contribution is 0.104. The molecule has 5 nitrogen and oxygen atoms in total. The summed E-state index contributed by atoms with van der Waals surface area (Å²) in [4.78, 5) is 16.3. The zero-order chi connectivity index (χ0) is 28.2. The molecule has 1 N–H and O–H groups in total. The van der Waals surface area contributed by atoms with Crippen LogP contribution in [0, 0.1) is 17.5 Å². The third-order valence-corrected chi connectivity index (χ3v) is 7.41. The van der Waals surface area contributed by atoms with Crippen molar-refractivity contribution in [1.82, 2.24) is 4.90 Å². The summed E-state index contributed by atoms with van der Waals surface area (Å²) in [6.07, 6.45) is 3.68. The van der Waals surface area contributed by atoms with Gasteiger partial charge in [-0.3, -0.25) is 9.69 Å². The summed E-state index contributed by atoms with van der Waals surface area (Å²) in [5.74, 6) is -3.79. The highest BCUT2D eigenvalue weighted by Crippen LogP contribution is 2.37. The highest BCUT2D eigenvalue weighted by molar-refractivity contribution is 6.20. The predicted octanol–water partition coefficient (Wildman–Crippen LogP) is 6.52. The van der Waals surface area contributed by atoms with Crippen LogP contribution < -0.4 is 9.47 Å². The maximum atomic E-state index is 14.6. The van der Waals surface area contributed by atoms with Gasteiger partial charge in [-0.2, -0.15) is 0 Å². The van der Waals surface area contributed by atoms with E-state index in [0.29, 0.717) is 34.4 Å². The van der Waals surface area contributed by atoms with Crippen LogP contribution >= 0.6 is 0 Å². The van der Waals surface area contributed by atoms with Crippen molar-refractivity contribution in [1.29, 1.82) is 0 Å². The Hall–Kier alpha value is -3.88. The standard InChI is InChI=1S/C32H30F3NO4/c1-39-23-10-12-24-21(17-23)7-11-25(26-18-28(33)31(35)30(34)27(26)19-37)29(24)32(38)20-5-8-22(9-6-20)40-16-15-36-13-3-2-4-14-36/h5-12,17-18,37H,2-4,13-16,19H2,1H3. The number of benzene rings is 4. The number of nitrogens with zero attached hydrogens (tertiary/aromatic N) is 1. The Kier molecular flexibility index (Phi) is 8.38. The molecule has 1 fully saturated rings. The van der Waals surface area contributed by atoms with Crippen molar-refractivity contribution in [2.75, 3.05) is 33.4 Å². The number of aliphatic hydroxyl groups excluding tert-OH is 1. The summed E-state index contributed by atoms with van der Waals surface area (Å²) in [6.45, 7) is 2.65. The van der Waals surface area contributed by atoms with Crippen LogP contribution in [0.1, 0.15) is 40.7 Å². The fraction of sp³-hybridized carbons (Fsp3) is 0.281. The number of carbonyl (C=O) groups is 1. The first-order valence-electron chi connectivity index (χ1n) is 13.3. The van der Waals surface area contributed by atoms with Crippen molar-refractivity contribution in [3.05, 3.63) is 94.8 Å². The number of hydrogen-bond acceptors (Lipinski definition) is 5. The number of rotatable bonds is 9. The lowest BCUT2D eigenvalue weighted by atomic mass is 9.87. The minimum atomic E-state index is -1.68. The molecule has 0 aromatic heterocycles. The average Bonchev–Trinajstić information content (AvgIpc) is 2.99. The molecule has 0 unspecified atom stereocenters. The molecule has 1 heterocycles. The van der Waals surface area contributed by atoms with E-state index in [1.165, 1.54) is 26.4 Å². The van der Waals surface area contributed by atoms with Crippen molar-refractivity contribution >= 4 is 16.6 Å². The number of ketones is 1. The maximum Gasteiger partial charge on any atom is 0.194 e. The number of carbonyl (C=O) groups excluding carboxylic acids is 1. The normalized spacial score (nSPS) is 13.9. The second-order valence-corrected chi connectivity index (χ2v) is 9.85. The number of fused-ring (bicyclic) bond motifs is 1. The quantitative estimate of drug-likeness (QED) is 0.190. The largest absolute Gasteiger partial charge is 0.497 e. The van der Waals surface area contributed by atoms with E-state index < -0.39 is 35.4 Å². The molecule has 208 valence electrons. The summed E-state index contributed by atoms with van der Waals surface area (Å²) < 4.78 is 54.2. The Balaban J connectivity index is 1.52. The van der Waals surface area contributed by atoms with Crippen molar-refractivity contribution in [3.8, 4) is 22.6 Å². The third kappa shape index (κ3) is 5.55. The smallest absolute Gasteiger partial charge is 0.194 e. The number of ether oxygens (including phenoxy) is 2. The molecule has 4 aromatic rings. The van der Waals surface area contributed by atoms with Crippen LogP contribution in [0.15, 0.2) is 60.7 Å². The molecule has 1 aliphatic rings. The van der Waals surface area contributed by atoms with Gasteiger partial charge in [0.2, 0.25) is 0 Å². The number of likely N-dealkylation sites (tertiary alicyclic amines) is 1. The molecule has 1 aliphatic heterocycles. The molecule has 40 heavy (non-hydrogen) atoms. The van der Waals surface area contributed by atoms with Crippen molar-refractivity contribution < 1.29 is 32.5 Å². The van der Waals surface area contributed by atoms with Gasteiger partial charge >= 0.3 is 0 Å². The maximum absolute atomic E-state index is 14.6. The molecule has 0 saturated carbocycles. The summed E-state index contributed by atoms with van der Waals surface area (Å²) in [7, 11) is 1.52. The van der Waals surface area contributed by atoms with Gasteiger partial charge in [0.25, 0.3) is 0 Å². The summed E-state index contributed by atoms with van der Waals surface area (Å²) in [6, 6.07) is 15.9. The topological polar surface area (TPSA) is 59.0 Å². The van der Waals surface area contributed by atoms with E-state index in [4.69, 9.17) is 9.47 Å². The SMILES string of the molecule is COc1ccc2c(C(=O)c3ccc(OCCN4CCCCC4)cc3)c(-c3cc(F)c(F)c(F)c3CO)ccc2c1. The predicted molar refractivity (Wildman–Crippen MR) is 147 cm³/mol. The molecular formula is C32H30F3NO4. The molecule has 0 aliphatic carbocycles. The Bertz CT molecular complexity index is 1530. The van der Waals surface area contributed by atoms with Crippen molar-refractivity contribution in [2.24, 2.45) is 0 Å². The zero-order valence-corrected chi connectivity index (χ0v) is 22.2. The highest BCUT2D eigenvalue weighted by Gasteiger charge is 2.25. The number of hydrogen-bond donors (Lipinski definition) is 1.